The predicted molar refractivity (Wildman–Crippen MR) is 70.5 cm³/mol. The average Bonchev–Trinajstić information content (AvgIpc) is 2.70. The van der Waals surface area contributed by atoms with Gasteiger partial charge in [0, 0.05) is 27.1 Å². The Morgan fingerprint density at radius 1 is 1.29 bits per heavy atom. The van der Waals surface area contributed by atoms with Crippen LogP contribution in [0.5, 0.6) is 0 Å². The van der Waals surface area contributed by atoms with Crippen molar-refractivity contribution in [2.45, 2.75) is 13.3 Å². The zero-order chi connectivity index (χ0) is 12.3. The molecule has 0 spiro atoms. The van der Waals surface area contributed by atoms with Gasteiger partial charge in [-0.15, -0.1) is 0 Å². The van der Waals surface area contributed by atoms with Crippen molar-refractivity contribution in [2.75, 3.05) is 32.1 Å². The van der Waals surface area contributed by atoms with Crippen LogP contribution in [0, 0.1) is 0 Å². The standard InChI is InChI=1S/C12H19N5/c1-4-13-8-7-10-14-9-5-6-11(17(2)3)16-12(9)15-10/h5-6,13H,4,7-8H2,1-3H3,(H,14,15,16). The number of imidazole rings is 1. The van der Waals surface area contributed by atoms with E-state index in [1.807, 2.05) is 31.1 Å². The molecule has 0 radical (unpaired) electrons. The highest BCUT2D eigenvalue weighted by atomic mass is 15.1. The van der Waals surface area contributed by atoms with E-state index in [0.717, 1.165) is 42.3 Å². The fourth-order valence-electron chi connectivity index (χ4n) is 1.68. The molecule has 2 heterocycles. The van der Waals surface area contributed by atoms with Crippen molar-refractivity contribution in [3.05, 3.63) is 18.0 Å². The number of aromatic amines is 1. The fourth-order valence-corrected chi connectivity index (χ4v) is 1.68. The molecular formula is C12H19N5. The molecule has 92 valence electrons. The van der Waals surface area contributed by atoms with E-state index in [1.54, 1.807) is 0 Å². The van der Waals surface area contributed by atoms with E-state index in [1.165, 1.54) is 0 Å². The molecule has 0 atom stereocenters. The van der Waals surface area contributed by atoms with Crippen molar-refractivity contribution in [2.24, 2.45) is 0 Å². The SMILES string of the molecule is CCNCCc1nc2nc(N(C)C)ccc2[nH]1. The van der Waals surface area contributed by atoms with Gasteiger partial charge in [0.25, 0.3) is 0 Å². The first kappa shape index (κ1) is 11.9. The maximum Gasteiger partial charge on any atom is 0.179 e. The van der Waals surface area contributed by atoms with Gasteiger partial charge in [-0.3, -0.25) is 0 Å². The third-order valence-corrected chi connectivity index (χ3v) is 2.63. The molecule has 17 heavy (non-hydrogen) atoms. The van der Waals surface area contributed by atoms with E-state index in [0.29, 0.717) is 0 Å². The summed E-state index contributed by atoms with van der Waals surface area (Å²) >= 11 is 0. The van der Waals surface area contributed by atoms with E-state index >= 15 is 0 Å². The average molecular weight is 233 g/mol. The van der Waals surface area contributed by atoms with Gasteiger partial charge < -0.3 is 15.2 Å². The molecule has 0 bridgehead atoms. The highest BCUT2D eigenvalue weighted by Crippen LogP contribution is 2.14. The minimum Gasteiger partial charge on any atom is -0.363 e. The summed E-state index contributed by atoms with van der Waals surface area (Å²) in [6.45, 7) is 4.03. The molecule has 2 rings (SSSR count). The molecule has 2 aromatic rings. The van der Waals surface area contributed by atoms with Crippen LogP contribution in [0.4, 0.5) is 5.82 Å². The van der Waals surface area contributed by atoms with Crippen LogP contribution in [0.1, 0.15) is 12.7 Å². The Balaban J connectivity index is 2.18. The molecule has 0 amide bonds. The number of fused-ring (bicyclic) bond motifs is 1. The van der Waals surface area contributed by atoms with Crippen LogP contribution in [0.25, 0.3) is 11.2 Å². The van der Waals surface area contributed by atoms with Gasteiger partial charge in [-0.1, -0.05) is 6.92 Å². The summed E-state index contributed by atoms with van der Waals surface area (Å²) in [4.78, 5) is 14.2. The molecule has 2 aromatic heterocycles. The number of hydrogen-bond donors (Lipinski definition) is 2. The lowest BCUT2D eigenvalue weighted by Crippen LogP contribution is -2.16. The molecule has 0 unspecified atom stereocenters. The van der Waals surface area contributed by atoms with E-state index in [2.05, 4.69) is 27.2 Å². The Kier molecular flexibility index (Phi) is 3.58. The number of rotatable bonds is 5. The lowest BCUT2D eigenvalue weighted by Gasteiger charge is -2.09. The van der Waals surface area contributed by atoms with Crippen molar-refractivity contribution >= 4 is 17.0 Å². The fraction of sp³-hybridized carbons (Fsp3) is 0.500. The summed E-state index contributed by atoms with van der Waals surface area (Å²) in [6.07, 6.45) is 0.904. The Morgan fingerprint density at radius 3 is 2.82 bits per heavy atom. The van der Waals surface area contributed by atoms with Gasteiger partial charge in [0.05, 0.1) is 5.52 Å². The predicted octanol–water partition coefficient (Wildman–Crippen LogP) is 1.18. The van der Waals surface area contributed by atoms with Crippen LogP contribution >= 0.6 is 0 Å². The highest BCUT2D eigenvalue weighted by Gasteiger charge is 2.05. The second kappa shape index (κ2) is 5.14. The maximum atomic E-state index is 4.49. The Morgan fingerprint density at radius 2 is 2.12 bits per heavy atom. The summed E-state index contributed by atoms with van der Waals surface area (Å²) in [5, 5.41) is 3.28. The van der Waals surface area contributed by atoms with Crippen LogP contribution in [-0.2, 0) is 6.42 Å². The molecule has 0 fully saturated rings. The number of H-pyrrole nitrogens is 1. The van der Waals surface area contributed by atoms with Gasteiger partial charge in [-0.25, -0.2) is 9.97 Å². The molecule has 2 N–H and O–H groups in total. The number of hydrogen-bond acceptors (Lipinski definition) is 4. The topological polar surface area (TPSA) is 56.8 Å². The van der Waals surface area contributed by atoms with E-state index in [4.69, 9.17) is 0 Å². The van der Waals surface area contributed by atoms with Crippen molar-refractivity contribution in [1.29, 1.82) is 0 Å². The van der Waals surface area contributed by atoms with Gasteiger partial charge in [0.1, 0.15) is 11.6 Å². The summed E-state index contributed by atoms with van der Waals surface area (Å²) in [5.74, 6) is 1.92. The number of aromatic nitrogens is 3. The second-order valence-electron chi connectivity index (χ2n) is 4.22. The smallest absolute Gasteiger partial charge is 0.179 e. The quantitative estimate of drug-likeness (QED) is 0.761. The Labute approximate surface area is 101 Å². The van der Waals surface area contributed by atoms with Crippen LogP contribution in [0.3, 0.4) is 0 Å². The van der Waals surface area contributed by atoms with Crippen LogP contribution in [0.15, 0.2) is 12.1 Å². The van der Waals surface area contributed by atoms with E-state index in [-0.39, 0.29) is 0 Å². The number of pyridine rings is 1. The summed E-state index contributed by atoms with van der Waals surface area (Å²) < 4.78 is 0. The number of nitrogens with zero attached hydrogens (tertiary/aromatic N) is 3. The first-order valence-corrected chi connectivity index (χ1v) is 5.94. The molecule has 0 aliphatic carbocycles. The van der Waals surface area contributed by atoms with Crippen LogP contribution in [0.2, 0.25) is 0 Å². The molecule has 5 nitrogen and oxygen atoms in total. The first-order valence-electron chi connectivity index (χ1n) is 5.94. The third kappa shape index (κ3) is 2.74. The largest absolute Gasteiger partial charge is 0.363 e. The summed E-state index contributed by atoms with van der Waals surface area (Å²) in [7, 11) is 3.96. The van der Waals surface area contributed by atoms with Gasteiger partial charge >= 0.3 is 0 Å². The molecule has 0 saturated carbocycles. The second-order valence-corrected chi connectivity index (χ2v) is 4.22. The number of nitrogens with one attached hydrogen (secondary N) is 2. The van der Waals surface area contributed by atoms with Crippen molar-refractivity contribution in [3.8, 4) is 0 Å². The van der Waals surface area contributed by atoms with Gasteiger partial charge in [0.15, 0.2) is 5.65 Å². The monoisotopic (exact) mass is 233 g/mol. The minimum absolute atomic E-state index is 0.794. The van der Waals surface area contributed by atoms with Crippen LogP contribution in [-0.4, -0.2) is 42.1 Å². The zero-order valence-electron chi connectivity index (χ0n) is 10.6. The molecular weight excluding hydrogens is 214 g/mol. The van der Waals surface area contributed by atoms with E-state index < -0.39 is 0 Å². The van der Waals surface area contributed by atoms with Gasteiger partial charge in [-0.2, -0.15) is 0 Å². The minimum atomic E-state index is 0.794. The third-order valence-electron chi connectivity index (χ3n) is 2.63. The molecule has 0 aliphatic heterocycles. The molecule has 5 heteroatoms. The normalized spacial score (nSPS) is 11.0. The molecule has 0 aromatic carbocycles. The zero-order valence-corrected chi connectivity index (χ0v) is 10.6. The van der Waals surface area contributed by atoms with Crippen molar-refractivity contribution < 1.29 is 0 Å². The van der Waals surface area contributed by atoms with E-state index in [9.17, 15) is 0 Å². The lowest BCUT2D eigenvalue weighted by atomic mass is 10.4. The van der Waals surface area contributed by atoms with Crippen LogP contribution < -0.4 is 10.2 Å². The summed E-state index contributed by atoms with van der Waals surface area (Å²) in [6, 6.07) is 4.02. The Bertz CT molecular complexity index is 489. The van der Waals surface area contributed by atoms with Crippen molar-refractivity contribution in [3.63, 3.8) is 0 Å². The lowest BCUT2D eigenvalue weighted by molar-refractivity contribution is 0.702. The molecule has 0 aliphatic rings. The highest BCUT2D eigenvalue weighted by molar-refractivity contribution is 5.73. The van der Waals surface area contributed by atoms with Gasteiger partial charge in [0.2, 0.25) is 0 Å². The summed E-state index contributed by atoms with van der Waals surface area (Å²) in [5.41, 5.74) is 1.80. The Hall–Kier alpha value is -1.62. The first-order chi connectivity index (χ1) is 8.20. The maximum absolute atomic E-state index is 4.49. The molecule has 0 saturated heterocycles. The van der Waals surface area contributed by atoms with Crippen molar-refractivity contribution in [1.82, 2.24) is 20.3 Å². The number of anilines is 1. The number of likely N-dealkylation sites (N-methyl/N-ethyl adjacent to an activating group) is 1. The van der Waals surface area contributed by atoms with Gasteiger partial charge in [-0.05, 0) is 18.7 Å².